The molecule has 0 aliphatic carbocycles. The zero-order valence-corrected chi connectivity index (χ0v) is 17.2. The lowest BCUT2D eigenvalue weighted by atomic mass is 10.1. The Hall–Kier alpha value is -2.45. The van der Waals surface area contributed by atoms with Crippen LogP contribution in [0.1, 0.15) is 11.1 Å². The molecule has 8 heteroatoms. The number of benzene rings is 3. The number of alkyl halides is 3. The fraction of sp³-hybridized carbons (Fsp3) is 0.143. The summed E-state index contributed by atoms with van der Waals surface area (Å²) in [5.41, 5.74) is -4.85. The Labute approximate surface area is 170 Å². The molecule has 0 unspecified atom stereocenters. The summed E-state index contributed by atoms with van der Waals surface area (Å²) in [6.07, 6.45) is 0. The fourth-order valence-corrected chi connectivity index (χ4v) is 5.68. The quantitative estimate of drug-likeness (QED) is 0.294. The van der Waals surface area contributed by atoms with E-state index in [-0.39, 0.29) is 5.75 Å². The summed E-state index contributed by atoms with van der Waals surface area (Å²) in [4.78, 5) is 2.93. The van der Waals surface area contributed by atoms with Crippen LogP contribution >= 0.6 is 0 Å². The minimum atomic E-state index is -5.73. The van der Waals surface area contributed by atoms with Crippen LogP contribution in [0.15, 0.2) is 87.5 Å². The Bertz CT molecular complexity index is 1030. The first-order valence-electron chi connectivity index (χ1n) is 8.56. The van der Waals surface area contributed by atoms with E-state index >= 15 is 0 Å². The summed E-state index contributed by atoms with van der Waals surface area (Å²) in [5, 5.41) is 0. The zero-order chi connectivity index (χ0) is 21.2. The Morgan fingerprint density at radius 3 is 1.55 bits per heavy atom. The van der Waals surface area contributed by atoms with Crippen LogP contribution in [-0.2, 0) is 21.0 Å². The van der Waals surface area contributed by atoms with E-state index in [4.69, 9.17) is 0 Å². The van der Waals surface area contributed by atoms with Crippen LogP contribution in [-0.4, -0.2) is 13.9 Å². The van der Waals surface area contributed by atoms with Gasteiger partial charge in [-0.25, -0.2) is 0 Å². The van der Waals surface area contributed by atoms with E-state index in [1.807, 2.05) is 60.7 Å². The third-order valence-corrected chi connectivity index (χ3v) is 7.25. The van der Waals surface area contributed by atoms with Crippen molar-refractivity contribution in [2.45, 2.75) is 34.0 Å². The maximum Gasteiger partial charge on any atom is 0.534 e. The summed E-state index contributed by atoms with van der Waals surface area (Å²) in [6, 6.07) is 22.8. The van der Waals surface area contributed by atoms with Crippen LogP contribution in [0.5, 0.6) is 5.75 Å². The topological polar surface area (TPSA) is 43.4 Å². The third kappa shape index (κ3) is 4.59. The second kappa shape index (κ2) is 8.12. The van der Waals surface area contributed by atoms with Gasteiger partial charge in [-0.3, -0.25) is 0 Å². The monoisotopic (exact) mass is 439 g/mol. The summed E-state index contributed by atoms with van der Waals surface area (Å²) in [7, 11) is -6.24. The molecule has 3 aromatic rings. The molecule has 0 atom stereocenters. The Balaban J connectivity index is 2.10. The van der Waals surface area contributed by atoms with Gasteiger partial charge < -0.3 is 4.18 Å². The molecule has 0 bridgehead atoms. The predicted molar refractivity (Wildman–Crippen MR) is 107 cm³/mol. The molecular formula is C21H18F3O3S2+. The molecule has 0 saturated heterocycles. The molecule has 29 heavy (non-hydrogen) atoms. The Kier molecular flexibility index (Phi) is 5.95. The van der Waals surface area contributed by atoms with Gasteiger partial charge >= 0.3 is 15.6 Å². The van der Waals surface area contributed by atoms with E-state index in [1.54, 1.807) is 12.1 Å². The first-order chi connectivity index (χ1) is 13.6. The van der Waals surface area contributed by atoms with Crippen molar-refractivity contribution in [1.82, 2.24) is 0 Å². The van der Waals surface area contributed by atoms with Crippen LogP contribution < -0.4 is 4.18 Å². The lowest BCUT2D eigenvalue weighted by Gasteiger charge is -2.15. The van der Waals surface area contributed by atoms with Gasteiger partial charge in [0.25, 0.3) is 0 Å². The molecule has 0 amide bonds. The van der Waals surface area contributed by atoms with Crippen LogP contribution in [0.25, 0.3) is 0 Å². The SMILES string of the molecule is Cc1cc([S+](c2ccccc2)c2ccccc2)cc(C)c1OS(=O)(=O)C(F)(F)F. The van der Waals surface area contributed by atoms with Gasteiger partial charge in [-0.1, -0.05) is 36.4 Å². The molecule has 0 N–H and O–H groups in total. The second-order valence-electron chi connectivity index (χ2n) is 6.30. The smallest absolute Gasteiger partial charge is 0.375 e. The van der Waals surface area contributed by atoms with Gasteiger partial charge in [-0.15, -0.1) is 0 Å². The van der Waals surface area contributed by atoms with Gasteiger partial charge in [0.15, 0.2) is 14.7 Å². The van der Waals surface area contributed by atoms with Crippen molar-refractivity contribution < 1.29 is 25.8 Å². The molecule has 3 aromatic carbocycles. The molecule has 152 valence electrons. The highest BCUT2D eigenvalue weighted by atomic mass is 32.2. The van der Waals surface area contributed by atoms with E-state index in [0.29, 0.717) is 11.1 Å². The van der Waals surface area contributed by atoms with E-state index < -0.39 is 26.5 Å². The molecule has 3 nitrogen and oxygen atoms in total. The standard InChI is InChI=1S/C21H18F3O3S2/c1-15-13-19(14-16(2)20(15)27-29(25,26)21(22,23)24)28(17-9-5-3-6-10-17)18-11-7-4-8-12-18/h3-14H,1-2H3/q+1. The second-order valence-corrected chi connectivity index (χ2v) is 9.87. The zero-order valence-electron chi connectivity index (χ0n) is 15.6. The van der Waals surface area contributed by atoms with E-state index in [1.165, 1.54) is 13.8 Å². The van der Waals surface area contributed by atoms with Crippen LogP contribution in [0.3, 0.4) is 0 Å². The first kappa shape index (κ1) is 21.3. The molecular weight excluding hydrogens is 421 g/mol. The number of hydrogen-bond acceptors (Lipinski definition) is 3. The highest BCUT2D eigenvalue weighted by Gasteiger charge is 2.49. The first-order valence-corrected chi connectivity index (χ1v) is 11.2. The van der Waals surface area contributed by atoms with E-state index in [2.05, 4.69) is 4.18 Å². The number of rotatable bonds is 5. The lowest BCUT2D eigenvalue weighted by Crippen LogP contribution is -2.28. The van der Waals surface area contributed by atoms with Gasteiger partial charge in [0, 0.05) is 12.1 Å². The van der Waals surface area contributed by atoms with Gasteiger partial charge in [0.2, 0.25) is 0 Å². The maximum absolute atomic E-state index is 12.7. The number of halogens is 3. The predicted octanol–water partition coefficient (Wildman–Crippen LogP) is 5.63. The summed E-state index contributed by atoms with van der Waals surface area (Å²) < 4.78 is 65.5. The Morgan fingerprint density at radius 1 is 0.759 bits per heavy atom. The van der Waals surface area contributed by atoms with Crippen molar-refractivity contribution in [2.75, 3.05) is 0 Å². The normalized spacial score (nSPS) is 12.2. The third-order valence-electron chi connectivity index (χ3n) is 4.10. The van der Waals surface area contributed by atoms with Crippen molar-refractivity contribution in [3.05, 3.63) is 83.9 Å². The van der Waals surface area contributed by atoms with Crippen molar-refractivity contribution in [2.24, 2.45) is 0 Å². The minimum Gasteiger partial charge on any atom is -0.375 e. The molecule has 3 rings (SSSR count). The lowest BCUT2D eigenvalue weighted by molar-refractivity contribution is -0.0500. The molecule has 0 spiro atoms. The van der Waals surface area contributed by atoms with Gasteiger partial charge in [-0.05, 0) is 49.2 Å². The van der Waals surface area contributed by atoms with Crippen molar-refractivity contribution >= 4 is 21.0 Å². The average Bonchev–Trinajstić information content (AvgIpc) is 2.66. The van der Waals surface area contributed by atoms with Gasteiger partial charge in [0.05, 0.1) is 10.9 Å². The van der Waals surface area contributed by atoms with Crippen molar-refractivity contribution in [3.8, 4) is 5.75 Å². The fourth-order valence-electron chi connectivity index (χ4n) is 2.84. The summed E-state index contributed by atoms with van der Waals surface area (Å²) in [5.74, 6) is -0.296. The molecule has 0 fully saturated rings. The highest BCUT2D eigenvalue weighted by molar-refractivity contribution is 7.97. The molecule has 0 heterocycles. The van der Waals surface area contributed by atoms with Crippen molar-refractivity contribution in [3.63, 3.8) is 0 Å². The molecule has 0 aromatic heterocycles. The molecule has 0 saturated carbocycles. The molecule has 0 radical (unpaired) electrons. The maximum atomic E-state index is 12.7. The van der Waals surface area contributed by atoms with Gasteiger partial charge in [0.1, 0.15) is 5.75 Å². The summed E-state index contributed by atoms with van der Waals surface area (Å²) in [6.45, 7) is 3.07. The molecule has 0 aliphatic heterocycles. The van der Waals surface area contributed by atoms with Crippen LogP contribution in [0.4, 0.5) is 13.2 Å². The summed E-state index contributed by atoms with van der Waals surface area (Å²) >= 11 is 0. The van der Waals surface area contributed by atoms with Crippen LogP contribution in [0.2, 0.25) is 0 Å². The van der Waals surface area contributed by atoms with E-state index in [9.17, 15) is 21.6 Å². The van der Waals surface area contributed by atoms with Crippen molar-refractivity contribution in [1.29, 1.82) is 0 Å². The molecule has 0 aliphatic rings. The van der Waals surface area contributed by atoms with E-state index in [0.717, 1.165) is 14.7 Å². The highest BCUT2D eigenvalue weighted by Crippen LogP contribution is 2.37. The van der Waals surface area contributed by atoms with Crippen LogP contribution in [0, 0.1) is 13.8 Å². The largest absolute Gasteiger partial charge is 0.534 e. The number of hydrogen-bond donors (Lipinski definition) is 0. The average molecular weight is 440 g/mol. The number of aryl methyl sites for hydroxylation is 2. The van der Waals surface area contributed by atoms with Gasteiger partial charge in [-0.2, -0.15) is 21.6 Å². The minimum absolute atomic E-state index is 0.296. The Morgan fingerprint density at radius 2 is 1.17 bits per heavy atom.